The molecule has 0 spiro atoms. The van der Waals surface area contributed by atoms with Crippen molar-refractivity contribution in [2.45, 2.75) is 0 Å². The zero-order valence-electron chi connectivity index (χ0n) is 10.7. The van der Waals surface area contributed by atoms with Crippen LogP contribution in [0, 0.1) is 0 Å². The number of hydrogen-bond donors (Lipinski definition) is 0. The van der Waals surface area contributed by atoms with Gasteiger partial charge >= 0.3 is 0 Å². The minimum Gasteiger partial charge on any atom is -0.497 e. The summed E-state index contributed by atoms with van der Waals surface area (Å²) in [5.74, 6) is 0.852. The second-order valence-electron chi connectivity index (χ2n) is 4.39. The molecule has 0 amide bonds. The van der Waals surface area contributed by atoms with E-state index in [1.165, 1.54) is 0 Å². The summed E-state index contributed by atoms with van der Waals surface area (Å²) in [4.78, 5) is 4.36. The van der Waals surface area contributed by atoms with Crippen LogP contribution in [0.25, 0.3) is 22.2 Å². The smallest absolute Gasteiger partial charge is 0.142 e. The fourth-order valence-electron chi connectivity index (χ4n) is 2.23. The molecule has 2 aromatic heterocycles. The fourth-order valence-corrected chi connectivity index (χ4v) is 2.37. The zero-order valence-corrected chi connectivity index (χ0v) is 11.5. The number of pyridine rings is 1. The zero-order chi connectivity index (χ0) is 13.4. The first-order valence-corrected chi connectivity index (χ1v) is 6.33. The van der Waals surface area contributed by atoms with Gasteiger partial charge in [-0.05, 0) is 29.8 Å². The van der Waals surface area contributed by atoms with Crippen LogP contribution in [0.4, 0.5) is 0 Å². The third-order valence-electron chi connectivity index (χ3n) is 3.19. The summed E-state index contributed by atoms with van der Waals surface area (Å²) in [6.45, 7) is 0. The Labute approximate surface area is 116 Å². The molecular formula is C15H13ClN2O. The molecule has 1 aromatic carbocycles. The molecule has 0 saturated carbocycles. The van der Waals surface area contributed by atoms with Crippen LogP contribution in [0.15, 0.2) is 42.6 Å². The topological polar surface area (TPSA) is 27.1 Å². The highest BCUT2D eigenvalue weighted by molar-refractivity contribution is 6.29. The van der Waals surface area contributed by atoms with Gasteiger partial charge in [-0.1, -0.05) is 23.7 Å². The van der Waals surface area contributed by atoms with E-state index in [9.17, 15) is 0 Å². The van der Waals surface area contributed by atoms with Crippen molar-refractivity contribution < 1.29 is 4.74 Å². The summed E-state index contributed by atoms with van der Waals surface area (Å²) in [5.41, 5.74) is 3.16. The van der Waals surface area contributed by atoms with E-state index in [-0.39, 0.29) is 0 Å². The number of aromatic nitrogens is 2. The second kappa shape index (κ2) is 4.59. The Balaban J connectivity index is 2.19. The van der Waals surface area contributed by atoms with Crippen LogP contribution in [0.5, 0.6) is 5.75 Å². The SMILES string of the molecule is COc1ccc(-c2cn(C)c3nc(Cl)ccc23)cc1. The highest BCUT2D eigenvalue weighted by atomic mass is 35.5. The first kappa shape index (κ1) is 12.1. The molecule has 0 saturated heterocycles. The van der Waals surface area contributed by atoms with E-state index in [1.807, 2.05) is 48.0 Å². The maximum atomic E-state index is 5.94. The van der Waals surface area contributed by atoms with Gasteiger partial charge in [-0.3, -0.25) is 0 Å². The average molecular weight is 273 g/mol. The van der Waals surface area contributed by atoms with Crippen LogP contribution in [-0.2, 0) is 7.05 Å². The highest BCUT2D eigenvalue weighted by Crippen LogP contribution is 2.31. The summed E-state index contributed by atoms with van der Waals surface area (Å²) >= 11 is 5.94. The first-order valence-electron chi connectivity index (χ1n) is 5.95. The Hall–Kier alpha value is -2.00. The number of nitrogens with zero attached hydrogens (tertiary/aromatic N) is 2. The third-order valence-corrected chi connectivity index (χ3v) is 3.40. The molecule has 0 aliphatic rings. The van der Waals surface area contributed by atoms with Crippen LogP contribution < -0.4 is 4.74 Å². The number of ether oxygens (including phenoxy) is 1. The van der Waals surface area contributed by atoms with E-state index in [2.05, 4.69) is 11.2 Å². The Kier molecular flexibility index (Phi) is 2.91. The van der Waals surface area contributed by atoms with Crippen LogP contribution >= 0.6 is 11.6 Å². The lowest BCUT2D eigenvalue weighted by Crippen LogP contribution is -1.86. The molecule has 0 aliphatic carbocycles. The maximum Gasteiger partial charge on any atom is 0.142 e. The lowest BCUT2D eigenvalue weighted by Gasteiger charge is -2.02. The van der Waals surface area contributed by atoms with E-state index in [0.29, 0.717) is 5.15 Å². The lowest BCUT2D eigenvalue weighted by molar-refractivity contribution is 0.415. The molecule has 0 N–H and O–H groups in total. The molecule has 3 rings (SSSR count). The molecule has 3 nitrogen and oxygen atoms in total. The van der Waals surface area contributed by atoms with Crippen molar-refractivity contribution in [3.63, 3.8) is 0 Å². The van der Waals surface area contributed by atoms with E-state index in [0.717, 1.165) is 27.9 Å². The number of aryl methyl sites for hydroxylation is 1. The van der Waals surface area contributed by atoms with Crippen LogP contribution in [-0.4, -0.2) is 16.7 Å². The summed E-state index contributed by atoms with van der Waals surface area (Å²) in [5, 5.41) is 1.60. The number of hydrogen-bond acceptors (Lipinski definition) is 2. The molecule has 0 unspecified atom stereocenters. The van der Waals surface area contributed by atoms with Gasteiger partial charge in [-0.15, -0.1) is 0 Å². The number of rotatable bonds is 2. The first-order chi connectivity index (χ1) is 9.19. The highest BCUT2D eigenvalue weighted by Gasteiger charge is 2.10. The van der Waals surface area contributed by atoms with Gasteiger partial charge in [0.25, 0.3) is 0 Å². The molecular weight excluding hydrogens is 260 g/mol. The molecule has 0 atom stereocenters. The summed E-state index contributed by atoms with van der Waals surface area (Å²) in [7, 11) is 3.64. The maximum absolute atomic E-state index is 5.94. The minimum atomic E-state index is 0.509. The van der Waals surface area contributed by atoms with Crippen molar-refractivity contribution in [3.8, 4) is 16.9 Å². The summed E-state index contributed by atoms with van der Waals surface area (Å²) in [6.07, 6.45) is 2.07. The Morgan fingerprint density at radius 2 is 1.84 bits per heavy atom. The van der Waals surface area contributed by atoms with Gasteiger partial charge in [-0.2, -0.15) is 0 Å². The molecule has 19 heavy (non-hydrogen) atoms. The minimum absolute atomic E-state index is 0.509. The van der Waals surface area contributed by atoms with Gasteiger partial charge in [-0.25, -0.2) is 4.98 Å². The fraction of sp³-hybridized carbons (Fsp3) is 0.133. The average Bonchev–Trinajstić information content (AvgIpc) is 2.76. The van der Waals surface area contributed by atoms with Crippen molar-refractivity contribution in [2.24, 2.45) is 7.05 Å². The molecule has 4 heteroatoms. The molecule has 0 bridgehead atoms. The van der Waals surface area contributed by atoms with Crippen molar-refractivity contribution in [2.75, 3.05) is 7.11 Å². The predicted octanol–water partition coefficient (Wildman–Crippen LogP) is 3.90. The molecule has 0 radical (unpaired) electrons. The van der Waals surface area contributed by atoms with Gasteiger partial charge in [0.05, 0.1) is 7.11 Å². The Morgan fingerprint density at radius 1 is 1.11 bits per heavy atom. The molecule has 3 aromatic rings. The summed E-state index contributed by atoms with van der Waals surface area (Å²) in [6, 6.07) is 11.8. The van der Waals surface area contributed by atoms with E-state index in [4.69, 9.17) is 16.3 Å². The van der Waals surface area contributed by atoms with Crippen LogP contribution in [0.3, 0.4) is 0 Å². The van der Waals surface area contributed by atoms with Crippen molar-refractivity contribution in [1.29, 1.82) is 0 Å². The second-order valence-corrected chi connectivity index (χ2v) is 4.77. The Bertz CT molecular complexity index is 732. The quantitative estimate of drug-likeness (QED) is 0.662. The van der Waals surface area contributed by atoms with Crippen LogP contribution in [0.1, 0.15) is 0 Å². The number of halogens is 1. The van der Waals surface area contributed by atoms with E-state index < -0.39 is 0 Å². The summed E-state index contributed by atoms with van der Waals surface area (Å²) < 4.78 is 7.17. The monoisotopic (exact) mass is 272 g/mol. The van der Waals surface area contributed by atoms with Crippen molar-refractivity contribution >= 4 is 22.6 Å². The largest absolute Gasteiger partial charge is 0.497 e. The van der Waals surface area contributed by atoms with E-state index >= 15 is 0 Å². The van der Waals surface area contributed by atoms with Gasteiger partial charge < -0.3 is 9.30 Å². The molecule has 0 fully saturated rings. The van der Waals surface area contributed by atoms with Crippen molar-refractivity contribution in [3.05, 3.63) is 47.7 Å². The number of benzene rings is 1. The van der Waals surface area contributed by atoms with Crippen LogP contribution in [0.2, 0.25) is 5.15 Å². The van der Waals surface area contributed by atoms with E-state index in [1.54, 1.807) is 7.11 Å². The number of methoxy groups -OCH3 is 1. The third kappa shape index (κ3) is 2.06. The van der Waals surface area contributed by atoms with Crippen molar-refractivity contribution in [1.82, 2.24) is 9.55 Å². The molecule has 0 aliphatic heterocycles. The molecule has 2 heterocycles. The lowest BCUT2D eigenvalue weighted by atomic mass is 10.1. The van der Waals surface area contributed by atoms with Gasteiger partial charge in [0, 0.05) is 24.2 Å². The van der Waals surface area contributed by atoms with Gasteiger partial charge in [0.1, 0.15) is 16.5 Å². The normalized spacial score (nSPS) is 10.9. The predicted molar refractivity (Wildman–Crippen MR) is 77.7 cm³/mol. The standard InChI is InChI=1S/C15H13ClN2O/c1-18-9-13(10-3-5-11(19-2)6-4-10)12-7-8-14(16)17-15(12)18/h3-9H,1-2H3. The van der Waals surface area contributed by atoms with Gasteiger partial charge in [0.2, 0.25) is 0 Å². The Morgan fingerprint density at radius 3 is 2.53 bits per heavy atom. The van der Waals surface area contributed by atoms with Gasteiger partial charge in [0.15, 0.2) is 0 Å². The number of fused-ring (bicyclic) bond motifs is 1. The molecule has 96 valence electrons.